The predicted octanol–water partition coefficient (Wildman–Crippen LogP) is 1.80. The number of rotatable bonds is 3. The van der Waals surface area contributed by atoms with Crippen LogP contribution in [-0.2, 0) is 9.59 Å². The molecule has 0 spiro atoms. The SMILES string of the molecule is CC1CCCC(CN2C(=O)CNC(=O)C2C(C)C)C1. The first-order valence-corrected chi connectivity index (χ1v) is 7.56. The second-order valence-electron chi connectivity index (χ2n) is 6.59. The lowest BCUT2D eigenvalue weighted by Gasteiger charge is -2.40. The smallest absolute Gasteiger partial charge is 0.243 e. The molecular formula is C15H26N2O2. The van der Waals surface area contributed by atoms with Crippen LogP contribution >= 0.6 is 0 Å². The molecule has 4 nitrogen and oxygen atoms in total. The number of nitrogens with one attached hydrogen (secondary N) is 1. The number of amides is 2. The van der Waals surface area contributed by atoms with E-state index in [1.165, 1.54) is 25.7 Å². The number of hydrogen-bond donors (Lipinski definition) is 1. The van der Waals surface area contributed by atoms with Crippen LogP contribution in [0.4, 0.5) is 0 Å². The largest absolute Gasteiger partial charge is 0.345 e. The van der Waals surface area contributed by atoms with Crippen LogP contribution in [0.2, 0.25) is 0 Å². The third kappa shape index (κ3) is 3.28. The van der Waals surface area contributed by atoms with Gasteiger partial charge in [-0.2, -0.15) is 0 Å². The molecule has 1 aliphatic carbocycles. The van der Waals surface area contributed by atoms with Crippen LogP contribution in [0, 0.1) is 17.8 Å². The zero-order valence-electron chi connectivity index (χ0n) is 12.3. The van der Waals surface area contributed by atoms with E-state index >= 15 is 0 Å². The van der Waals surface area contributed by atoms with Gasteiger partial charge in [-0.1, -0.05) is 33.6 Å². The molecule has 1 heterocycles. The van der Waals surface area contributed by atoms with Crippen LogP contribution in [0.25, 0.3) is 0 Å². The second-order valence-corrected chi connectivity index (χ2v) is 6.59. The summed E-state index contributed by atoms with van der Waals surface area (Å²) in [5, 5.41) is 2.71. The Labute approximate surface area is 115 Å². The zero-order chi connectivity index (χ0) is 14.0. The van der Waals surface area contributed by atoms with Crippen LogP contribution in [0.1, 0.15) is 46.5 Å². The summed E-state index contributed by atoms with van der Waals surface area (Å²) in [5.41, 5.74) is 0. The third-order valence-corrected chi connectivity index (χ3v) is 4.47. The molecule has 1 saturated heterocycles. The zero-order valence-corrected chi connectivity index (χ0v) is 12.3. The lowest BCUT2D eigenvalue weighted by Crippen LogP contribution is -2.61. The maximum Gasteiger partial charge on any atom is 0.243 e. The molecule has 0 aromatic heterocycles. The number of hydrogen-bond acceptors (Lipinski definition) is 2. The van der Waals surface area contributed by atoms with E-state index in [-0.39, 0.29) is 30.3 Å². The fourth-order valence-electron chi connectivity index (χ4n) is 3.55. The van der Waals surface area contributed by atoms with Crippen molar-refractivity contribution >= 4 is 11.8 Å². The summed E-state index contributed by atoms with van der Waals surface area (Å²) in [6.07, 6.45) is 4.95. The van der Waals surface area contributed by atoms with Crippen LogP contribution in [0.5, 0.6) is 0 Å². The van der Waals surface area contributed by atoms with Crippen molar-refractivity contribution in [2.75, 3.05) is 13.1 Å². The number of nitrogens with zero attached hydrogens (tertiary/aromatic N) is 1. The fraction of sp³-hybridized carbons (Fsp3) is 0.867. The molecule has 0 radical (unpaired) electrons. The predicted molar refractivity (Wildman–Crippen MR) is 74.5 cm³/mol. The highest BCUT2D eigenvalue weighted by Gasteiger charge is 2.37. The van der Waals surface area contributed by atoms with Crippen molar-refractivity contribution in [1.29, 1.82) is 0 Å². The van der Waals surface area contributed by atoms with Crippen molar-refractivity contribution in [2.45, 2.75) is 52.5 Å². The highest BCUT2D eigenvalue weighted by Crippen LogP contribution is 2.30. The van der Waals surface area contributed by atoms with Gasteiger partial charge in [0.05, 0.1) is 6.54 Å². The molecule has 1 aliphatic heterocycles. The van der Waals surface area contributed by atoms with E-state index in [4.69, 9.17) is 0 Å². The Bertz CT molecular complexity index is 354. The quantitative estimate of drug-likeness (QED) is 0.846. The summed E-state index contributed by atoms with van der Waals surface area (Å²) in [5.74, 6) is 1.59. The van der Waals surface area contributed by atoms with Gasteiger partial charge in [-0.05, 0) is 30.6 Å². The minimum atomic E-state index is -0.279. The maximum atomic E-state index is 12.1. The van der Waals surface area contributed by atoms with Gasteiger partial charge >= 0.3 is 0 Å². The average molecular weight is 266 g/mol. The first kappa shape index (κ1) is 14.4. The van der Waals surface area contributed by atoms with E-state index in [9.17, 15) is 9.59 Å². The lowest BCUT2D eigenvalue weighted by molar-refractivity contribution is -0.148. The molecule has 0 aromatic carbocycles. The van der Waals surface area contributed by atoms with Crippen LogP contribution < -0.4 is 5.32 Å². The first-order valence-electron chi connectivity index (χ1n) is 7.56. The lowest BCUT2D eigenvalue weighted by atomic mass is 9.81. The minimum absolute atomic E-state index is 0.0125. The van der Waals surface area contributed by atoms with Crippen molar-refractivity contribution < 1.29 is 9.59 Å². The normalized spacial score (nSPS) is 32.6. The highest BCUT2D eigenvalue weighted by molar-refractivity contribution is 5.94. The molecule has 2 amide bonds. The van der Waals surface area contributed by atoms with Crippen molar-refractivity contribution in [1.82, 2.24) is 10.2 Å². The van der Waals surface area contributed by atoms with E-state index in [0.717, 1.165) is 12.5 Å². The molecule has 1 saturated carbocycles. The van der Waals surface area contributed by atoms with Crippen molar-refractivity contribution in [3.8, 4) is 0 Å². The van der Waals surface area contributed by atoms with Gasteiger partial charge in [0, 0.05) is 6.54 Å². The molecule has 0 bridgehead atoms. The van der Waals surface area contributed by atoms with Gasteiger partial charge in [0.2, 0.25) is 11.8 Å². The number of carbonyl (C=O) groups is 2. The summed E-state index contributed by atoms with van der Waals surface area (Å²) in [6.45, 7) is 7.25. The molecule has 0 aromatic rings. The van der Waals surface area contributed by atoms with E-state index in [1.807, 2.05) is 18.7 Å². The van der Waals surface area contributed by atoms with Gasteiger partial charge in [0.1, 0.15) is 6.04 Å². The standard InChI is InChI=1S/C15H26N2O2/c1-10(2)14-15(19)16-8-13(18)17(14)9-12-6-4-5-11(3)7-12/h10-12,14H,4-9H2,1-3H3,(H,16,19). The Kier molecular flexibility index (Phi) is 4.48. The Morgan fingerprint density at radius 3 is 2.68 bits per heavy atom. The van der Waals surface area contributed by atoms with Crippen LogP contribution in [-0.4, -0.2) is 35.8 Å². The van der Waals surface area contributed by atoms with Gasteiger partial charge in [-0.3, -0.25) is 9.59 Å². The topological polar surface area (TPSA) is 49.4 Å². The molecular weight excluding hydrogens is 240 g/mol. The van der Waals surface area contributed by atoms with Gasteiger partial charge in [0.25, 0.3) is 0 Å². The molecule has 3 atom stereocenters. The number of piperazine rings is 1. The average Bonchev–Trinajstić information content (AvgIpc) is 2.33. The summed E-state index contributed by atoms with van der Waals surface area (Å²) in [7, 11) is 0. The molecule has 19 heavy (non-hydrogen) atoms. The van der Waals surface area contributed by atoms with Crippen molar-refractivity contribution in [3.05, 3.63) is 0 Å². The summed E-state index contributed by atoms with van der Waals surface area (Å²) < 4.78 is 0. The number of carbonyl (C=O) groups excluding carboxylic acids is 2. The Hall–Kier alpha value is -1.06. The first-order chi connectivity index (χ1) is 8.99. The van der Waals surface area contributed by atoms with Crippen molar-refractivity contribution in [3.63, 3.8) is 0 Å². The van der Waals surface area contributed by atoms with Crippen molar-refractivity contribution in [2.24, 2.45) is 17.8 Å². The van der Waals surface area contributed by atoms with E-state index in [2.05, 4.69) is 12.2 Å². The van der Waals surface area contributed by atoms with Gasteiger partial charge in [0.15, 0.2) is 0 Å². The second kappa shape index (κ2) is 5.93. The monoisotopic (exact) mass is 266 g/mol. The third-order valence-electron chi connectivity index (χ3n) is 4.47. The Morgan fingerprint density at radius 1 is 1.32 bits per heavy atom. The molecule has 2 rings (SSSR count). The van der Waals surface area contributed by atoms with Crippen LogP contribution in [0.15, 0.2) is 0 Å². The Morgan fingerprint density at radius 2 is 2.05 bits per heavy atom. The minimum Gasteiger partial charge on any atom is -0.345 e. The van der Waals surface area contributed by atoms with E-state index < -0.39 is 0 Å². The fourth-order valence-corrected chi connectivity index (χ4v) is 3.55. The van der Waals surface area contributed by atoms with Gasteiger partial charge in [-0.15, -0.1) is 0 Å². The van der Waals surface area contributed by atoms with E-state index in [1.54, 1.807) is 0 Å². The molecule has 108 valence electrons. The van der Waals surface area contributed by atoms with Gasteiger partial charge in [-0.25, -0.2) is 0 Å². The molecule has 1 N–H and O–H groups in total. The highest BCUT2D eigenvalue weighted by atomic mass is 16.2. The summed E-state index contributed by atoms with van der Waals surface area (Å²) in [6, 6.07) is -0.279. The molecule has 2 fully saturated rings. The Balaban J connectivity index is 2.05. The summed E-state index contributed by atoms with van der Waals surface area (Å²) in [4.78, 5) is 26.0. The molecule has 3 unspecified atom stereocenters. The summed E-state index contributed by atoms with van der Waals surface area (Å²) >= 11 is 0. The molecule has 2 aliphatic rings. The van der Waals surface area contributed by atoms with E-state index in [0.29, 0.717) is 5.92 Å². The molecule has 4 heteroatoms. The van der Waals surface area contributed by atoms with Gasteiger partial charge < -0.3 is 10.2 Å². The van der Waals surface area contributed by atoms with Crippen LogP contribution in [0.3, 0.4) is 0 Å². The maximum absolute atomic E-state index is 12.1.